The molecule has 0 aliphatic carbocycles. The van der Waals surface area contributed by atoms with Gasteiger partial charge in [0.15, 0.2) is 5.82 Å². The lowest BCUT2D eigenvalue weighted by molar-refractivity contribution is -0.0317. The number of ether oxygens (including phenoxy) is 1. The number of aromatic nitrogens is 2. The first-order valence-corrected chi connectivity index (χ1v) is 8.44. The molecule has 3 rings (SSSR count). The van der Waals surface area contributed by atoms with Crippen LogP contribution in [0, 0.1) is 0 Å². The number of piperidine rings is 1. The Hall–Kier alpha value is -2.25. The van der Waals surface area contributed by atoms with Crippen molar-refractivity contribution in [2.24, 2.45) is 0 Å². The van der Waals surface area contributed by atoms with E-state index < -0.39 is 34.5 Å². The molecule has 2 bridgehead atoms. The minimum atomic E-state index is -4.81. The Kier molecular flexibility index (Phi) is 4.15. The Balaban J connectivity index is 1.78. The SMILES string of the molecule is CCOC(=O)c1nc([C@@H]2CCC3CN2C(=O)N3OS(=O)(=O)O)no1. The van der Waals surface area contributed by atoms with Gasteiger partial charge in [0.1, 0.15) is 0 Å². The number of hydrogen-bond acceptors (Lipinski definition) is 9. The highest BCUT2D eigenvalue weighted by atomic mass is 32.3. The number of esters is 1. The van der Waals surface area contributed by atoms with Gasteiger partial charge in [-0.15, -0.1) is 4.28 Å². The van der Waals surface area contributed by atoms with Crippen molar-refractivity contribution in [1.82, 2.24) is 20.1 Å². The van der Waals surface area contributed by atoms with E-state index in [1.165, 1.54) is 4.90 Å². The maximum Gasteiger partial charge on any atom is 0.418 e. The van der Waals surface area contributed by atoms with Gasteiger partial charge in [0.25, 0.3) is 0 Å². The fourth-order valence-electron chi connectivity index (χ4n) is 2.75. The molecule has 1 N–H and O–H groups in total. The molecule has 132 valence electrons. The van der Waals surface area contributed by atoms with Crippen molar-refractivity contribution in [1.29, 1.82) is 0 Å². The second-order valence-corrected chi connectivity index (χ2v) is 6.19. The van der Waals surface area contributed by atoms with Crippen LogP contribution in [0.2, 0.25) is 0 Å². The molecule has 1 aromatic heterocycles. The van der Waals surface area contributed by atoms with Gasteiger partial charge < -0.3 is 14.2 Å². The van der Waals surface area contributed by atoms with Crippen LogP contribution >= 0.6 is 0 Å². The van der Waals surface area contributed by atoms with Crippen molar-refractivity contribution in [2.75, 3.05) is 13.2 Å². The van der Waals surface area contributed by atoms with E-state index in [-0.39, 0.29) is 24.9 Å². The molecule has 0 saturated carbocycles. The molecule has 2 atom stereocenters. The second kappa shape index (κ2) is 5.99. The van der Waals surface area contributed by atoms with Gasteiger partial charge in [-0.2, -0.15) is 18.5 Å². The van der Waals surface area contributed by atoms with E-state index in [1.807, 2.05) is 0 Å². The third kappa shape index (κ3) is 3.05. The zero-order chi connectivity index (χ0) is 17.5. The molecule has 24 heavy (non-hydrogen) atoms. The summed E-state index contributed by atoms with van der Waals surface area (Å²) in [5, 5.41) is 4.30. The lowest BCUT2D eigenvalue weighted by Gasteiger charge is -2.27. The third-order valence-electron chi connectivity index (χ3n) is 3.69. The number of carbonyl (C=O) groups excluding carboxylic acids is 2. The first kappa shape index (κ1) is 16.6. The molecule has 0 radical (unpaired) electrons. The summed E-state index contributed by atoms with van der Waals surface area (Å²) in [6.45, 7) is 1.94. The molecular formula is C11H14N4O8S. The molecule has 2 fully saturated rings. The summed E-state index contributed by atoms with van der Waals surface area (Å²) in [7, 11) is -4.81. The van der Waals surface area contributed by atoms with Gasteiger partial charge in [-0.05, 0) is 19.8 Å². The van der Waals surface area contributed by atoms with Gasteiger partial charge in [0.05, 0.1) is 18.7 Å². The Morgan fingerprint density at radius 1 is 1.46 bits per heavy atom. The van der Waals surface area contributed by atoms with Crippen LogP contribution in [0.4, 0.5) is 4.79 Å². The van der Waals surface area contributed by atoms with Crippen molar-refractivity contribution in [3.63, 3.8) is 0 Å². The topological polar surface area (TPSA) is 152 Å². The molecule has 0 spiro atoms. The van der Waals surface area contributed by atoms with E-state index in [2.05, 4.69) is 14.4 Å². The van der Waals surface area contributed by atoms with Crippen LogP contribution in [-0.4, -0.2) is 64.3 Å². The van der Waals surface area contributed by atoms with Gasteiger partial charge >= 0.3 is 28.3 Å². The highest BCUT2D eigenvalue weighted by Crippen LogP contribution is 2.37. The Bertz CT molecular complexity index is 762. The van der Waals surface area contributed by atoms with Crippen LogP contribution in [0.3, 0.4) is 0 Å². The lowest BCUT2D eigenvalue weighted by Crippen LogP contribution is -2.35. The van der Waals surface area contributed by atoms with Gasteiger partial charge in [-0.1, -0.05) is 5.16 Å². The lowest BCUT2D eigenvalue weighted by atomic mass is 10.0. The van der Waals surface area contributed by atoms with Crippen LogP contribution in [0.15, 0.2) is 4.52 Å². The number of hydroxylamine groups is 2. The Morgan fingerprint density at radius 3 is 2.88 bits per heavy atom. The fourth-order valence-corrected chi connectivity index (χ4v) is 3.13. The number of urea groups is 1. The molecule has 1 aromatic rings. The van der Waals surface area contributed by atoms with E-state index in [0.717, 1.165) is 0 Å². The van der Waals surface area contributed by atoms with E-state index in [9.17, 15) is 18.0 Å². The van der Waals surface area contributed by atoms with Gasteiger partial charge in [0, 0.05) is 6.54 Å². The molecule has 12 nitrogen and oxygen atoms in total. The zero-order valence-corrected chi connectivity index (χ0v) is 13.3. The monoisotopic (exact) mass is 362 g/mol. The molecule has 13 heteroatoms. The summed E-state index contributed by atoms with van der Waals surface area (Å²) in [5.41, 5.74) is 0. The van der Waals surface area contributed by atoms with Crippen molar-refractivity contribution >= 4 is 22.4 Å². The number of rotatable bonds is 5. The summed E-state index contributed by atoms with van der Waals surface area (Å²) >= 11 is 0. The highest BCUT2D eigenvalue weighted by Gasteiger charge is 2.49. The normalized spacial score (nSPS) is 23.7. The largest absolute Gasteiger partial charge is 0.459 e. The predicted octanol–water partition coefficient (Wildman–Crippen LogP) is -0.0782. The van der Waals surface area contributed by atoms with E-state index in [1.54, 1.807) is 6.92 Å². The second-order valence-electron chi connectivity index (χ2n) is 5.19. The van der Waals surface area contributed by atoms with E-state index >= 15 is 0 Å². The van der Waals surface area contributed by atoms with Crippen molar-refractivity contribution < 1.29 is 36.1 Å². The predicted molar refractivity (Wildman–Crippen MR) is 72.6 cm³/mol. The first-order valence-electron chi connectivity index (χ1n) is 7.07. The van der Waals surface area contributed by atoms with Crippen LogP contribution < -0.4 is 0 Å². The van der Waals surface area contributed by atoms with Crippen molar-refractivity contribution in [2.45, 2.75) is 31.8 Å². The van der Waals surface area contributed by atoms with Gasteiger partial charge in [-0.25, -0.2) is 9.59 Å². The average Bonchev–Trinajstić information content (AvgIpc) is 3.08. The number of fused-ring (bicyclic) bond motifs is 2. The molecule has 2 aliphatic rings. The smallest absolute Gasteiger partial charge is 0.418 e. The van der Waals surface area contributed by atoms with Crippen LogP contribution in [-0.2, 0) is 19.4 Å². The summed E-state index contributed by atoms with van der Waals surface area (Å²) in [6, 6.07) is -1.87. The first-order chi connectivity index (χ1) is 11.3. The Morgan fingerprint density at radius 2 is 2.21 bits per heavy atom. The Labute approximate surface area is 136 Å². The van der Waals surface area contributed by atoms with Crippen LogP contribution in [0.25, 0.3) is 0 Å². The maximum atomic E-state index is 12.3. The molecule has 2 aliphatic heterocycles. The summed E-state index contributed by atoms with van der Waals surface area (Å²) < 4.78 is 44.3. The van der Waals surface area contributed by atoms with Crippen molar-refractivity contribution in [3.8, 4) is 0 Å². The molecule has 3 heterocycles. The number of carbonyl (C=O) groups is 2. The van der Waals surface area contributed by atoms with Crippen LogP contribution in [0.5, 0.6) is 0 Å². The maximum absolute atomic E-state index is 12.3. The van der Waals surface area contributed by atoms with Crippen molar-refractivity contribution in [3.05, 3.63) is 11.7 Å². The fraction of sp³-hybridized carbons (Fsp3) is 0.636. The van der Waals surface area contributed by atoms with Gasteiger partial charge in [-0.3, -0.25) is 4.55 Å². The van der Waals surface area contributed by atoms with Crippen LogP contribution in [0.1, 0.15) is 42.3 Å². The summed E-state index contributed by atoms with van der Waals surface area (Å²) in [6.07, 6.45) is 0.801. The standard InChI is InChI=1S/C11H14N4O8S/c1-2-21-10(16)9-12-8(13-22-9)7-4-3-6-5-14(7)11(17)15(6)23-24(18,19)20/h6-7H,2-5H2,1H3,(H,18,19,20)/t6?,7-/m0/s1. The molecule has 2 amide bonds. The third-order valence-corrected chi connectivity index (χ3v) is 4.04. The van der Waals surface area contributed by atoms with E-state index in [0.29, 0.717) is 17.9 Å². The molecule has 1 unspecified atom stereocenters. The zero-order valence-electron chi connectivity index (χ0n) is 12.5. The molecule has 0 aromatic carbocycles. The summed E-state index contributed by atoms with van der Waals surface area (Å²) in [5.74, 6) is -0.987. The average molecular weight is 362 g/mol. The quantitative estimate of drug-likeness (QED) is 0.556. The molecule has 2 saturated heterocycles. The highest BCUT2D eigenvalue weighted by molar-refractivity contribution is 7.80. The number of hydrogen-bond donors (Lipinski definition) is 1. The minimum Gasteiger partial charge on any atom is -0.459 e. The number of nitrogens with zero attached hydrogens (tertiary/aromatic N) is 4. The van der Waals surface area contributed by atoms with Gasteiger partial charge in [0.2, 0.25) is 0 Å². The molecular weight excluding hydrogens is 348 g/mol. The summed E-state index contributed by atoms with van der Waals surface area (Å²) in [4.78, 5) is 29.0. The number of amides is 2. The minimum absolute atomic E-state index is 0.110. The van der Waals surface area contributed by atoms with E-state index in [4.69, 9.17) is 13.8 Å².